The van der Waals surface area contributed by atoms with Crippen LogP contribution in [0.25, 0.3) is 0 Å². The molecular formula is C31H31N3O4S. The molecule has 0 fully saturated rings. The van der Waals surface area contributed by atoms with E-state index in [1.807, 2.05) is 19.1 Å². The molecule has 4 aromatic rings. The largest absolute Gasteiger partial charge is 0.322 e. The molecule has 0 unspecified atom stereocenters. The molecule has 2 amide bonds. The van der Waals surface area contributed by atoms with Crippen LogP contribution in [0, 0.1) is 6.92 Å². The van der Waals surface area contributed by atoms with E-state index < -0.39 is 15.9 Å². The van der Waals surface area contributed by atoms with Gasteiger partial charge in [0.25, 0.3) is 21.8 Å². The number of carbonyl (C=O) groups excluding carboxylic acids is 2. The van der Waals surface area contributed by atoms with E-state index in [4.69, 9.17) is 0 Å². The van der Waals surface area contributed by atoms with Gasteiger partial charge in [0.05, 0.1) is 16.1 Å². The Balaban J connectivity index is 1.48. The number of nitrogens with one attached hydrogen (secondary N) is 3. The van der Waals surface area contributed by atoms with Gasteiger partial charge in [0.2, 0.25) is 0 Å². The summed E-state index contributed by atoms with van der Waals surface area (Å²) in [5.41, 5.74) is 3.83. The van der Waals surface area contributed by atoms with E-state index in [1.54, 1.807) is 60.7 Å². The minimum Gasteiger partial charge on any atom is -0.322 e. The van der Waals surface area contributed by atoms with Crippen LogP contribution in [0.2, 0.25) is 0 Å². The summed E-state index contributed by atoms with van der Waals surface area (Å²) < 4.78 is 28.3. The topological polar surface area (TPSA) is 104 Å². The van der Waals surface area contributed by atoms with Gasteiger partial charge in [0, 0.05) is 16.9 Å². The van der Waals surface area contributed by atoms with Crippen molar-refractivity contribution in [2.75, 3.05) is 15.4 Å². The molecule has 8 heteroatoms. The summed E-state index contributed by atoms with van der Waals surface area (Å²) in [4.78, 5) is 26.0. The van der Waals surface area contributed by atoms with Crippen molar-refractivity contribution < 1.29 is 18.0 Å². The van der Waals surface area contributed by atoms with Crippen LogP contribution in [0.1, 0.15) is 52.6 Å². The maximum Gasteiger partial charge on any atom is 0.261 e. The van der Waals surface area contributed by atoms with Crippen LogP contribution >= 0.6 is 0 Å². The monoisotopic (exact) mass is 541 g/mol. The zero-order valence-electron chi connectivity index (χ0n) is 22.3. The van der Waals surface area contributed by atoms with Crippen LogP contribution in [-0.2, 0) is 15.4 Å². The van der Waals surface area contributed by atoms with Crippen molar-refractivity contribution in [1.29, 1.82) is 0 Å². The summed E-state index contributed by atoms with van der Waals surface area (Å²) >= 11 is 0. The van der Waals surface area contributed by atoms with Crippen molar-refractivity contribution in [1.82, 2.24) is 0 Å². The number of amides is 2. The van der Waals surface area contributed by atoms with Gasteiger partial charge >= 0.3 is 0 Å². The number of aryl methyl sites for hydroxylation is 1. The highest BCUT2D eigenvalue weighted by molar-refractivity contribution is 7.92. The summed E-state index contributed by atoms with van der Waals surface area (Å²) in [5.74, 6) is -0.770. The lowest BCUT2D eigenvalue weighted by atomic mass is 9.87. The Morgan fingerprint density at radius 3 is 1.90 bits per heavy atom. The molecule has 0 bridgehead atoms. The van der Waals surface area contributed by atoms with E-state index in [9.17, 15) is 18.0 Å². The molecule has 0 spiro atoms. The lowest BCUT2D eigenvalue weighted by molar-refractivity contribution is 0.102. The fourth-order valence-electron chi connectivity index (χ4n) is 3.89. The second kappa shape index (κ2) is 11.1. The quantitative estimate of drug-likeness (QED) is 0.245. The first-order chi connectivity index (χ1) is 18.4. The molecule has 0 atom stereocenters. The summed E-state index contributed by atoms with van der Waals surface area (Å²) in [6.45, 7) is 8.20. The van der Waals surface area contributed by atoms with Crippen LogP contribution in [0.3, 0.4) is 0 Å². The van der Waals surface area contributed by atoms with Crippen molar-refractivity contribution in [2.24, 2.45) is 0 Å². The molecule has 0 radical (unpaired) electrons. The fourth-order valence-corrected chi connectivity index (χ4v) is 4.97. The summed E-state index contributed by atoms with van der Waals surface area (Å²) in [6, 6.07) is 27.0. The van der Waals surface area contributed by atoms with Crippen LogP contribution < -0.4 is 15.4 Å². The first kappa shape index (κ1) is 27.6. The predicted octanol–water partition coefficient (Wildman–Crippen LogP) is 6.60. The van der Waals surface area contributed by atoms with Crippen molar-refractivity contribution in [3.8, 4) is 0 Å². The van der Waals surface area contributed by atoms with Crippen molar-refractivity contribution in [3.05, 3.63) is 119 Å². The molecule has 0 aliphatic rings. The van der Waals surface area contributed by atoms with Gasteiger partial charge in [-0.2, -0.15) is 0 Å². The average Bonchev–Trinajstić information content (AvgIpc) is 2.89. The molecule has 4 aromatic carbocycles. The predicted molar refractivity (Wildman–Crippen MR) is 156 cm³/mol. The van der Waals surface area contributed by atoms with Gasteiger partial charge < -0.3 is 10.6 Å². The number of hydrogen-bond acceptors (Lipinski definition) is 4. The normalized spacial score (nSPS) is 11.5. The second-order valence-electron chi connectivity index (χ2n) is 10.3. The van der Waals surface area contributed by atoms with Crippen LogP contribution in [0.4, 0.5) is 17.1 Å². The van der Waals surface area contributed by atoms with E-state index in [1.165, 1.54) is 24.3 Å². The van der Waals surface area contributed by atoms with Gasteiger partial charge in [-0.15, -0.1) is 0 Å². The first-order valence-corrected chi connectivity index (χ1v) is 13.9. The van der Waals surface area contributed by atoms with E-state index in [0.717, 1.165) is 11.1 Å². The van der Waals surface area contributed by atoms with Crippen molar-refractivity contribution >= 4 is 38.9 Å². The molecule has 0 aromatic heterocycles. The average molecular weight is 542 g/mol. The lowest BCUT2D eigenvalue weighted by Gasteiger charge is -2.19. The van der Waals surface area contributed by atoms with Crippen molar-refractivity contribution in [3.63, 3.8) is 0 Å². The molecule has 39 heavy (non-hydrogen) atoms. The highest BCUT2D eigenvalue weighted by Crippen LogP contribution is 2.24. The molecule has 0 saturated heterocycles. The number of hydrogen-bond donors (Lipinski definition) is 3. The van der Waals surface area contributed by atoms with Gasteiger partial charge in [-0.05, 0) is 72.5 Å². The minimum absolute atomic E-state index is 0.0134. The number of carbonyl (C=O) groups is 2. The summed E-state index contributed by atoms with van der Waals surface area (Å²) in [6.07, 6.45) is 0. The molecule has 0 heterocycles. The number of sulfonamides is 1. The van der Waals surface area contributed by atoms with Crippen LogP contribution in [0.15, 0.2) is 102 Å². The third-order valence-corrected chi connectivity index (χ3v) is 7.52. The van der Waals surface area contributed by atoms with Crippen LogP contribution in [0.5, 0.6) is 0 Å². The number of rotatable bonds is 7. The Labute approximate surface area is 229 Å². The van der Waals surface area contributed by atoms with E-state index in [0.29, 0.717) is 16.9 Å². The zero-order valence-corrected chi connectivity index (χ0v) is 23.1. The third-order valence-electron chi connectivity index (χ3n) is 6.14. The Kier molecular flexibility index (Phi) is 7.88. The molecule has 0 aliphatic heterocycles. The third kappa shape index (κ3) is 6.91. The Bertz CT molecular complexity index is 1610. The van der Waals surface area contributed by atoms with E-state index in [2.05, 4.69) is 36.1 Å². The van der Waals surface area contributed by atoms with Gasteiger partial charge in [0.15, 0.2) is 0 Å². The van der Waals surface area contributed by atoms with Gasteiger partial charge in [-0.1, -0.05) is 68.8 Å². The molecule has 7 nitrogen and oxygen atoms in total. The van der Waals surface area contributed by atoms with Crippen LogP contribution in [-0.4, -0.2) is 20.2 Å². The maximum absolute atomic E-state index is 13.1. The number of anilines is 3. The molecular weight excluding hydrogens is 510 g/mol. The minimum atomic E-state index is -3.89. The lowest BCUT2D eigenvalue weighted by Crippen LogP contribution is -2.19. The zero-order chi connectivity index (χ0) is 28.2. The Morgan fingerprint density at radius 2 is 1.28 bits per heavy atom. The van der Waals surface area contributed by atoms with Crippen molar-refractivity contribution in [2.45, 2.75) is 38.0 Å². The smallest absolute Gasteiger partial charge is 0.261 e. The van der Waals surface area contributed by atoms with E-state index >= 15 is 0 Å². The fraction of sp³-hybridized carbons (Fsp3) is 0.161. The molecule has 4 rings (SSSR count). The van der Waals surface area contributed by atoms with Gasteiger partial charge in [-0.25, -0.2) is 8.42 Å². The molecule has 3 N–H and O–H groups in total. The molecule has 200 valence electrons. The standard InChI is InChI=1S/C31H31N3O4S/c1-21-12-18-26(19-13-21)39(37,38)34-28-11-6-5-10-27(28)30(36)33-25-9-7-8-24(20-25)32-29(35)22-14-16-23(17-15-22)31(2,3)4/h5-20,34H,1-4H3,(H,32,35)(H,33,36). The Hall–Kier alpha value is -4.43. The highest BCUT2D eigenvalue weighted by Gasteiger charge is 2.19. The summed E-state index contributed by atoms with van der Waals surface area (Å²) in [7, 11) is -3.89. The van der Waals surface area contributed by atoms with Gasteiger partial charge in [-0.3, -0.25) is 14.3 Å². The number of benzene rings is 4. The summed E-state index contributed by atoms with van der Waals surface area (Å²) in [5, 5.41) is 5.64. The highest BCUT2D eigenvalue weighted by atomic mass is 32.2. The SMILES string of the molecule is Cc1ccc(S(=O)(=O)Nc2ccccc2C(=O)Nc2cccc(NC(=O)c3ccc(C(C)(C)C)cc3)c2)cc1. The molecule has 0 saturated carbocycles. The first-order valence-electron chi connectivity index (χ1n) is 12.4. The second-order valence-corrected chi connectivity index (χ2v) is 12.0. The Morgan fingerprint density at radius 1 is 0.692 bits per heavy atom. The van der Waals surface area contributed by atoms with Gasteiger partial charge in [0.1, 0.15) is 0 Å². The van der Waals surface area contributed by atoms with E-state index in [-0.39, 0.29) is 27.5 Å². The number of para-hydroxylation sites is 1. The maximum atomic E-state index is 13.1. The molecule has 0 aliphatic carbocycles.